The van der Waals surface area contributed by atoms with E-state index in [1.54, 1.807) is 13.0 Å². The minimum absolute atomic E-state index is 0.0390. The standard InChI is InChI=1S/C21H20F3N3O2S/c1-10-3-12(29-2)8-26-19(10)16(28)6-11-4-14(18(24)15(23)5-11)21(9-22)13-7-17(13)30-20(25)27-21/h3-5,8,13,17H,6-7,9H2,1-2H3,(H2,25,27)/t13-,17+,21+/m1/s1. The Bertz CT molecular complexity index is 1060. The fraction of sp³-hybridized carbons (Fsp3) is 0.381. The van der Waals surface area contributed by atoms with Crippen LogP contribution < -0.4 is 10.5 Å². The van der Waals surface area contributed by atoms with Crippen molar-refractivity contribution in [3.05, 3.63) is 58.4 Å². The monoisotopic (exact) mass is 435 g/mol. The fourth-order valence-corrected chi connectivity index (χ4v) is 5.23. The Labute approximate surface area is 175 Å². The third-order valence-corrected chi connectivity index (χ3v) is 6.76. The number of aliphatic imine (C=N–C) groups is 1. The van der Waals surface area contributed by atoms with Gasteiger partial charge in [0.2, 0.25) is 0 Å². The minimum Gasteiger partial charge on any atom is -0.495 e. The molecule has 2 N–H and O–H groups in total. The number of aromatic nitrogens is 1. The number of hydrogen-bond acceptors (Lipinski definition) is 6. The van der Waals surface area contributed by atoms with E-state index in [1.807, 2.05) is 0 Å². The second-order valence-corrected chi connectivity index (χ2v) is 8.85. The first-order chi connectivity index (χ1) is 14.3. The molecule has 1 fully saturated rings. The maximum atomic E-state index is 14.8. The molecule has 9 heteroatoms. The SMILES string of the molecule is COc1cnc(C(=O)Cc2cc(F)c(F)c([C@@]3(CF)N=C(N)S[C@H]4C[C@H]43)c2)c(C)c1. The molecule has 3 atom stereocenters. The Morgan fingerprint density at radius 1 is 1.37 bits per heavy atom. The van der Waals surface area contributed by atoms with Crippen LogP contribution in [0.1, 0.15) is 33.6 Å². The van der Waals surface area contributed by atoms with Crippen molar-refractivity contribution in [2.45, 2.75) is 30.6 Å². The molecule has 0 radical (unpaired) electrons. The van der Waals surface area contributed by atoms with E-state index in [4.69, 9.17) is 10.5 Å². The van der Waals surface area contributed by atoms with Crippen LogP contribution in [0.4, 0.5) is 13.2 Å². The van der Waals surface area contributed by atoms with Crippen molar-refractivity contribution in [3.63, 3.8) is 0 Å². The molecule has 0 saturated heterocycles. The van der Waals surface area contributed by atoms with E-state index in [0.717, 1.165) is 6.07 Å². The van der Waals surface area contributed by atoms with Crippen LogP contribution in [0.15, 0.2) is 29.4 Å². The summed E-state index contributed by atoms with van der Waals surface area (Å²) >= 11 is 1.33. The molecule has 0 bridgehead atoms. The van der Waals surface area contributed by atoms with Gasteiger partial charge in [0.1, 0.15) is 23.7 Å². The summed E-state index contributed by atoms with van der Waals surface area (Å²) in [4.78, 5) is 21.1. The highest BCUT2D eigenvalue weighted by Gasteiger charge is 2.58. The first kappa shape index (κ1) is 20.7. The number of alkyl halides is 1. The Morgan fingerprint density at radius 2 is 2.13 bits per heavy atom. The lowest BCUT2D eigenvalue weighted by atomic mass is 9.84. The number of halogens is 3. The van der Waals surface area contributed by atoms with Crippen LogP contribution in [0.3, 0.4) is 0 Å². The number of aryl methyl sites for hydroxylation is 1. The molecule has 1 saturated carbocycles. The average Bonchev–Trinajstić information content (AvgIpc) is 3.49. The number of carbonyl (C=O) groups excluding carboxylic acids is 1. The maximum Gasteiger partial charge on any atom is 0.185 e. The fourth-order valence-electron chi connectivity index (χ4n) is 4.01. The quantitative estimate of drug-likeness (QED) is 0.700. The van der Waals surface area contributed by atoms with Gasteiger partial charge in [-0.05, 0) is 42.7 Å². The molecular formula is C21H20F3N3O2S. The number of ketones is 1. The van der Waals surface area contributed by atoms with Crippen molar-refractivity contribution in [2.24, 2.45) is 16.6 Å². The number of benzene rings is 1. The van der Waals surface area contributed by atoms with Crippen molar-refractivity contribution in [1.29, 1.82) is 0 Å². The third-order valence-electron chi connectivity index (χ3n) is 5.60. The first-order valence-corrected chi connectivity index (χ1v) is 10.3. The molecule has 158 valence electrons. The van der Waals surface area contributed by atoms with E-state index in [-0.39, 0.29) is 45.4 Å². The van der Waals surface area contributed by atoms with E-state index >= 15 is 0 Å². The van der Waals surface area contributed by atoms with Gasteiger partial charge in [-0.15, -0.1) is 0 Å². The second-order valence-electron chi connectivity index (χ2n) is 7.59. The lowest BCUT2D eigenvalue weighted by Crippen LogP contribution is -2.37. The molecule has 0 unspecified atom stereocenters. The number of rotatable bonds is 6. The number of amidine groups is 1. The van der Waals surface area contributed by atoms with Crippen LogP contribution >= 0.6 is 11.8 Å². The minimum atomic E-state index is -1.56. The van der Waals surface area contributed by atoms with Crippen LogP contribution in [-0.2, 0) is 12.0 Å². The Kier molecular flexibility index (Phi) is 5.25. The Balaban J connectivity index is 1.71. The van der Waals surface area contributed by atoms with Crippen LogP contribution in [0.5, 0.6) is 5.75 Å². The highest BCUT2D eigenvalue weighted by molar-refractivity contribution is 8.14. The second kappa shape index (κ2) is 7.61. The molecule has 2 heterocycles. The van der Waals surface area contributed by atoms with Gasteiger partial charge in [0.15, 0.2) is 22.6 Å². The molecule has 5 nitrogen and oxygen atoms in total. The van der Waals surface area contributed by atoms with Gasteiger partial charge in [-0.2, -0.15) is 0 Å². The average molecular weight is 435 g/mol. The zero-order valence-electron chi connectivity index (χ0n) is 16.4. The normalized spacial score (nSPS) is 24.8. The smallest absolute Gasteiger partial charge is 0.185 e. The van der Waals surface area contributed by atoms with Gasteiger partial charge in [-0.25, -0.2) is 23.1 Å². The van der Waals surface area contributed by atoms with E-state index in [0.29, 0.717) is 17.7 Å². The van der Waals surface area contributed by atoms with E-state index in [9.17, 15) is 18.0 Å². The number of pyridine rings is 1. The predicted molar refractivity (Wildman–Crippen MR) is 109 cm³/mol. The number of thioether (sulfide) groups is 1. The van der Waals surface area contributed by atoms with Gasteiger partial charge in [-0.1, -0.05) is 11.8 Å². The van der Waals surface area contributed by atoms with Crippen molar-refractivity contribution in [2.75, 3.05) is 13.8 Å². The Morgan fingerprint density at radius 3 is 2.80 bits per heavy atom. The van der Waals surface area contributed by atoms with Gasteiger partial charge < -0.3 is 10.5 Å². The van der Waals surface area contributed by atoms with Crippen LogP contribution in [0.2, 0.25) is 0 Å². The highest BCUT2D eigenvalue weighted by atomic mass is 32.2. The molecule has 4 rings (SSSR count). The first-order valence-electron chi connectivity index (χ1n) is 9.39. The van der Waals surface area contributed by atoms with E-state index in [1.165, 1.54) is 31.1 Å². The van der Waals surface area contributed by atoms with Crippen LogP contribution in [0, 0.1) is 24.5 Å². The lowest BCUT2D eigenvalue weighted by Gasteiger charge is -2.31. The number of nitrogens with zero attached hydrogens (tertiary/aromatic N) is 2. The number of ether oxygens (including phenoxy) is 1. The van der Waals surface area contributed by atoms with Crippen molar-refractivity contribution in [3.8, 4) is 5.75 Å². The summed E-state index contributed by atoms with van der Waals surface area (Å²) in [6, 6.07) is 3.95. The number of hydrogen-bond donors (Lipinski definition) is 1. The topological polar surface area (TPSA) is 77.6 Å². The zero-order chi connectivity index (χ0) is 21.6. The molecule has 1 aliphatic carbocycles. The summed E-state index contributed by atoms with van der Waals surface area (Å²) in [7, 11) is 1.49. The summed E-state index contributed by atoms with van der Waals surface area (Å²) in [5, 5.41) is 0.197. The molecule has 1 aromatic heterocycles. The van der Waals surface area contributed by atoms with Crippen molar-refractivity contribution >= 4 is 22.7 Å². The summed E-state index contributed by atoms with van der Waals surface area (Å²) in [5.74, 6) is -2.42. The number of Topliss-reactive ketones (excluding diaryl/α,β-unsaturated/α-hetero) is 1. The van der Waals surface area contributed by atoms with Crippen LogP contribution in [-0.4, -0.2) is 35.0 Å². The number of fused-ring (bicyclic) bond motifs is 1. The van der Waals surface area contributed by atoms with E-state index in [2.05, 4.69) is 9.98 Å². The van der Waals surface area contributed by atoms with Gasteiger partial charge >= 0.3 is 0 Å². The lowest BCUT2D eigenvalue weighted by molar-refractivity contribution is 0.0987. The van der Waals surface area contributed by atoms with Gasteiger partial charge in [0.05, 0.1) is 13.3 Å². The molecule has 1 aliphatic heterocycles. The van der Waals surface area contributed by atoms with Gasteiger partial charge in [-0.3, -0.25) is 4.79 Å². The summed E-state index contributed by atoms with van der Waals surface area (Å²) in [6.07, 6.45) is 1.83. The number of methoxy groups -OCH3 is 1. The largest absolute Gasteiger partial charge is 0.495 e. The molecule has 0 spiro atoms. The highest BCUT2D eigenvalue weighted by Crippen LogP contribution is 2.58. The maximum absolute atomic E-state index is 14.8. The van der Waals surface area contributed by atoms with Crippen LogP contribution in [0.25, 0.3) is 0 Å². The third kappa shape index (κ3) is 3.45. The molecular weight excluding hydrogens is 415 g/mol. The van der Waals surface area contributed by atoms with Crippen molar-refractivity contribution < 1.29 is 22.7 Å². The summed E-state index contributed by atoms with van der Waals surface area (Å²) in [5.41, 5.74) is 5.11. The number of carbonyl (C=O) groups is 1. The predicted octanol–water partition coefficient (Wildman–Crippen LogP) is 3.72. The molecule has 0 amide bonds. The summed E-state index contributed by atoms with van der Waals surface area (Å²) in [6.45, 7) is 0.713. The molecule has 2 aliphatic rings. The Hall–Kier alpha value is -2.55. The van der Waals surface area contributed by atoms with E-state index < -0.39 is 23.8 Å². The van der Waals surface area contributed by atoms with Gasteiger partial charge in [0, 0.05) is 23.2 Å². The van der Waals surface area contributed by atoms with Gasteiger partial charge in [0.25, 0.3) is 0 Å². The molecule has 2 aromatic rings. The van der Waals surface area contributed by atoms with Crippen molar-refractivity contribution in [1.82, 2.24) is 4.98 Å². The summed E-state index contributed by atoms with van der Waals surface area (Å²) < 4.78 is 48.5. The number of nitrogens with two attached hydrogens (primary N) is 1. The molecule has 1 aromatic carbocycles. The molecule has 30 heavy (non-hydrogen) atoms. The zero-order valence-corrected chi connectivity index (χ0v) is 17.2.